The number of hydrogen-bond donors (Lipinski definition) is 1. The summed E-state index contributed by atoms with van der Waals surface area (Å²) in [5, 5.41) is 3.50. The van der Waals surface area contributed by atoms with Crippen LogP contribution >= 0.6 is 0 Å². The maximum atomic E-state index is 12.5. The third-order valence-electron chi connectivity index (χ3n) is 6.33. The zero-order valence-electron chi connectivity index (χ0n) is 21.8. The number of likely N-dealkylation sites (tertiary alicyclic amines) is 1. The molecule has 1 saturated heterocycles. The van der Waals surface area contributed by atoms with E-state index in [9.17, 15) is 9.59 Å². The predicted molar refractivity (Wildman–Crippen MR) is 136 cm³/mol. The van der Waals surface area contributed by atoms with Gasteiger partial charge in [-0.15, -0.1) is 0 Å². The maximum Gasteiger partial charge on any atom is 0.410 e. The number of esters is 1. The molecule has 1 amide bonds. The van der Waals surface area contributed by atoms with Crippen molar-refractivity contribution >= 4 is 23.4 Å². The summed E-state index contributed by atoms with van der Waals surface area (Å²) in [4.78, 5) is 34.9. The van der Waals surface area contributed by atoms with E-state index in [1.165, 1.54) is 12.7 Å². The molecule has 1 unspecified atom stereocenters. The van der Waals surface area contributed by atoms with Crippen LogP contribution in [0, 0.1) is 6.92 Å². The van der Waals surface area contributed by atoms with Gasteiger partial charge in [-0.3, -0.25) is 4.79 Å². The highest BCUT2D eigenvalue weighted by Gasteiger charge is 2.29. The summed E-state index contributed by atoms with van der Waals surface area (Å²) in [6.07, 6.45) is 6.15. The first-order valence-electron chi connectivity index (χ1n) is 12.3. The number of carbonyl (C=O) groups excluding carboxylic acids is 2. The number of nitrogens with zero attached hydrogens (tertiary/aromatic N) is 3. The van der Waals surface area contributed by atoms with Gasteiger partial charge in [0, 0.05) is 18.8 Å². The van der Waals surface area contributed by atoms with Crippen LogP contribution < -0.4 is 5.32 Å². The van der Waals surface area contributed by atoms with Gasteiger partial charge in [-0.05, 0) is 76.0 Å². The van der Waals surface area contributed by atoms with E-state index in [1.807, 2.05) is 27.7 Å². The number of piperidine rings is 1. The van der Waals surface area contributed by atoms with Crippen LogP contribution in [0.4, 0.5) is 16.2 Å². The summed E-state index contributed by atoms with van der Waals surface area (Å²) in [5.41, 5.74) is 3.56. The van der Waals surface area contributed by atoms with Gasteiger partial charge < -0.3 is 19.7 Å². The normalized spacial score (nSPS) is 15.4. The average Bonchev–Trinajstić information content (AvgIpc) is 2.83. The Hall–Kier alpha value is -3.16. The summed E-state index contributed by atoms with van der Waals surface area (Å²) in [6.45, 7) is 10.9. The highest BCUT2D eigenvalue weighted by molar-refractivity contribution is 5.71. The fourth-order valence-corrected chi connectivity index (χ4v) is 4.39. The Morgan fingerprint density at radius 1 is 1.17 bits per heavy atom. The summed E-state index contributed by atoms with van der Waals surface area (Å²) >= 11 is 0. The van der Waals surface area contributed by atoms with Crippen molar-refractivity contribution in [1.82, 2.24) is 14.9 Å². The number of aryl methyl sites for hydroxylation is 1. The monoisotopic (exact) mass is 482 g/mol. The largest absolute Gasteiger partial charge is 0.469 e. The molecule has 0 radical (unpaired) electrons. The number of benzene rings is 1. The first-order chi connectivity index (χ1) is 16.6. The average molecular weight is 483 g/mol. The third kappa shape index (κ3) is 7.41. The molecule has 1 atom stereocenters. The van der Waals surface area contributed by atoms with E-state index >= 15 is 0 Å². The van der Waals surface area contributed by atoms with Crippen molar-refractivity contribution in [1.29, 1.82) is 0 Å². The van der Waals surface area contributed by atoms with E-state index in [0.717, 1.165) is 36.2 Å². The lowest BCUT2D eigenvalue weighted by atomic mass is 9.85. The van der Waals surface area contributed by atoms with Crippen LogP contribution in [0.25, 0.3) is 0 Å². The van der Waals surface area contributed by atoms with E-state index in [1.54, 1.807) is 17.3 Å². The number of aromatic nitrogens is 2. The van der Waals surface area contributed by atoms with Crippen LogP contribution in [-0.2, 0) is 14.3 Å². The molecule has 0 saturated carbocycles. The molecule has 8 nitrogen and oxygen atoms in total. The molecule has 1 aromatic heterocycles. The Balaban J connectivity index is 1.83. The fourth-order valence-electron chi connectivity index (χ4n) is 4.39. The molecule has 0 spiro atoms. The molecule has 1 aliphatic rings. The van der Waals surface area contributed by atoms with Crippen LogP contribution in [0.5, 0.6) is 0 Å². The second-order valence-electron chi connectivity index (χ2n) is 10.1. The zero-order chi connectivity index (χ0) is 25.6. The number of amides is 1. The summed E-state index contributed by atoms with van der Waals surface area (Å²) < 4.78 is 10.5. The number of anilines is 2. The Morgan fingerprint density at radius 3 is 2.40 bits per heavy atom. The minimum atomic E-state index is -0.503. The van der Waals surface area contributed by atoms with Crippen molar-refractivity contribution in [2.24, 2.45) is 0 Å². The van der Waals surface area contributed by atoms with Gasteiger partial charge in [-0.25, -0.2) is 14.8 Å². The minimum absolute atomic E-state index is 0.0698. The fraction of sp³-hybridized carbons (Fsp3) is 0.556. The van der Waals surface area contributed by atoms with Gasteiger partial charge in [-0.2, -0.15) is 0 Å². The molecule has 1 aliphatic heterocycles. The van der Waals surface area contributed by atoms with Gasteiger partial charge in [0.1, 0.15) is 11.4 Å². The zero-order valence-corrected chi connectivity index (χ0v) is 21.8. The molecule has 1 N–H and O–H groups in total. The van der Waals surface area contributed by atoms with Crippen molar-refractivity contribution in [2.75, 3.05) is 25.5 Å². The molecule has 3 rings (SSSR count). The summed E-state index contributed by atoms with van der Waals surface area (Å²) in [7, 11) is 1.42. The standard InChI is InChI=1S/C27H38N4O4/c1-7-19(15-25(32)34-6)21-8-9-23(24(14-21)30-22-16-28-18(2)29-17-22)20-10-12-31(13-11-20)26(33)35-27(3,4)5/h8-9,14,16-17,19-20,30H,7,10-13,15H2,1-6H3. The summed E-state index contributed by atoms with van der Waals surface area (Å²) in [6, 6.07) is 6.40. The van der Waals surface area contributed by atoms with Gasteiger partial charge in [0.25, 0.3) is 0 Å². The van der Waals surface area contributed by atoms with Crippen molar-refractivity contribution in [3.8, 4) is 0 Å². The van der Waals surface area contributed by atoms with Gasteiger partial charge in [0.15, 0.2) is 0 Å². The van der Waals surface area contributed by atoms with Gasteiger partial charge in [0.2, 0.25) is 0 Å². The van der Waals surface area contributed by atoms with E-state index in [-0.39, 0.29) is 23.9 Å². The smallest absolute Gasteiger partial charge is 0.410 e. The molecule has 190 valence electrons. The number of rotatable bonds is 7. The Morgan fingerprint density at radius 2 is 1.83 bits per heavy atom. The SMILES string of the molecule is CCC(CC(=O)OC)c1ccc(C2CCN(C(=O)OC(C)(C)C)CC2)c(Nc2cnc(C)nc2)c1. The predicted octanol–water partition coefficient (Wildman–Crippen LogP) is 5.70. The van der Waals surface area contributed by atoms with Crippen LogP contribution in [0.15, 0.2) is 30.6 Å². The molecular weight excluding hydrogens is 444 g/mol. The molecule has 2 aromatic rings. The first-order valence-corrected chi connectivity index (χ1v) is 12.3. The molecule has 8 heteroatoms. The Labute approximate surface area is 208 Å². The van der Waals surface area contributed by atoms with E-state index in [2.05, 4.69) is 40.4 Å². The summed E-state index contributed by atoms with van der Waals surface area (Å²) in [5.74, 6) is 0.859. The number of ether oxygens (including phenoxy) is 2. The molecule has 0 aliphatic carbocycles. The topological polar surface area (TPSA) is 93.7 Å². The lowest BCUT2D eigenvalue weighted by molar-refractivity contribution is -0.141. The molecular formula is C27H38N4O4. The first kappa shape index (κ1) is 26.4. The molecule has 35 heavy (non-hydrogen) atoms. The second kappa shape index (κ2) is 11.5. The molecule has 1 fully saturated rings. The lowest BCUT2D eigenvalue weighted by Crippen LogP contribution is -2.41. The second-order valence-corrected chi connectivity index (χ2v) is 10.1. The van der Waals surface area contributed by atoms with E-state index in [4.69, 9.17) is 9.47 Å². The van der Waals surface area contributed by atoms with Crippen molar-refractivity contribution in [3.05, 3.63) is 47.5 Å². The lowest BCUT2D eigenvalue weighted by Gasteiger charge is -2.34. The number of carbonyl (C=O) groups is 2. The highest BCUT2D eigenvalue weighted by Crippen LogP contribution is 2.37. The van der Waals surface area contributed by atoms with E-state index in [0.29, 0.717) is 25.3 Å². The molecule has 2 heterocycles. The number of methoxy groups -OCH3 is 1. The van der Waals surface area contributed by atoms with Crippen LogP contribution in [-0.4, -0.2) is 52.7 Å². The Kier molecular flexibility index (Phi) is 8.70. The number of nitrogens with one attached hydrogen (secondary N) is 1. The van der Waals surface area contributed by atoms with Crippen molar-refractivity contribution in [2.45, 2.75) is 77.7 Å². The molecule has 0 bridgehead atoms. The van der Waals surface area contributed by atoms with Crippen LogP contribution in [0.2, 0.25) is 0 Å². The van der Waals surface area contributed by atoms with E-state index < -0.39 is 5.60 Å². The quantitative estimate of drug-likeness (QED) is 0.506. The Bertz CT molecular complexity index is 1010. The van der Waals surface area contributed by atoms with Crippen LogP contribution in [0.3, 0.4) is 0 Å². The van der Waals surface area contributed by atoms with Crippen molar-refractivity contribution in [3.63, 3.8) is 0 Å². The van der Waals surface area contributed by atoms with Crippen LogP contribution in [0.1, 0.15) is 82.2 Å². The number of hydrogen-bond acceptors (Lipinski definition) is 7. The van der Waals surface area contributed by atoms with Gasteiger partial charge >= 0.3 is 12.1 Å². The van der Waals surface area contributed by atoms with Crippen molar-refractivity contribution < 1.29 is 19.1 Å². The van der Waals surface area contributed by atoms with Gasteiger partial charge in [-0.1, -0.05) is 19.1 Å². The molecule has 1 aromatic carbocycles. The minimum Gasteiger partial charge on any atom is -0.469 e. The maximum absolute atomic E-state index is 12.5. The third-order valence-corrected chi connectivity index (χ3v) is 6.33. The van der Waals surface area contributed by atoms with Gasteiger partial charge in [0.05, 0.1) is 31.6 Å². The highest BCUT2D eigenvalue weighted by atomic mass is 16.6.